The van der Waals surface area contributed by atoms with Crippen LogP contribution in [-0.4, -0.2) is 43.0 Å². The minimum absolute atomic E-state index is 0.0874. The van der Waals surface area contributed by atoms with Crippen molar-refractivity contribution in [3.63, 3.8) is 0 Å². The molecule has 1 unspecified atom stereocenters. The first kappa shape index (κ1) is 13.8. The van der Waals surface area contributed by atoms with Gasteiger partial charge in [-0.2, -0.15) is 0 Å². The Labute approximate surface area is 114 Å². The lowest BCUT2D eigenvalue weighted by molar-refractivity contribution is -0.126. The van der Waals surface area contributed by atoms with E-state index in [9.17, 15) is 4.79 Å². The molecular weight excluding hydrogens is 240 g/mol. The number of anilines is 1. The van der Waals surface area contributed by atoms with E-state index in [-0.39, 0.29) is 11.9 Å². The van der Waals surface area contributed by atoms with Gasteiger partial charge in [0.25, 0.3) is 5.91 Å². The maximum atomic E-state index is 11.7. The third-order valence-corrected chi connectivity index (χ3v) is 3.71. The molecule has 0 spiro atoms. The van der Waals surface area contributed by atoms with E-state index in [4.69, 9.17) is 5.84 Å². The zero-order valence-electron chi connectivity index (χ0n) is 11.4. The summed E-state index contributed by atoms with van der Waals surface area (Å²) in [5, 5.41) is 0. The number of benzene rings is 1. The highest BCUT2D eigenvalue weighted by Crippen LogP contribution is 2.17. The van der Waals surface area contributed by atoms with Crippen LogP contribution >= 0.6 is 0 Å². The van der Waals surface area contributed by atoms with Gasteiger partial charge in [0.15, 0.2) is 0 Å². The Hall–Kier alpha value is -1.59. The molecule has 1 fully saturated rings. The SMILES string of the molecule is CCC(C(=O)NN)N1CCN(c2ccccc2)CC1. The minimum Gasteiger partial charge on any atom is -0.369 e. The molecule has 0 saturated carbocycles. The summed E-state index contributed by atoms with van der Waals surface area (Å²) >= 11 is 0. The molecule has 5 nitrogen and oxygen atoms in total. The van der Waals surface area contributed by atoms with E-state index < -0.39 is 0 Å². The molecule has 19 heavy (non-hydrogen) atoms. The molecule has 1 heterocycles. The zero-order valence-corrected chi connectivity index (χ0v) is 11.4. The molecule has 0 bridgehead atoms. The van der Waals surface area contributed by atoms with Gasteiger partial charge in [-0.25, -0.2) is 5.84 Å². The Kier molecular flexibility index (Phi) is 4.76. The van der Waals surface area contributed by atoms with Crippen molar-refractivity contribution >= 4 is 11.6 Å². The van der Waals surface area contributed by atoms with Crippen LogP contribution in [0.5, 0.6) is 0 Å². The first-order valence-electron chi connectivity index (χ1n) is 6.80. The summed E-state index contributed by atoms with van der Waals surface area (Å²) in [6.07, 6.45) is 0.786. The van der Waals surface area contributed by atoms with Crippen LogP contribution in [-0.2, 0) is 4.79 Å². The first-order valence-corrected chi connectivity index (χ1v) is 6.80. The predicted octanol–water partition coefficient (Wildman–Crippen LogP) is 0.577. The molecule has 1 aliphatic rings. The average molecular weight is 262 g/mol. The summed E-state index contributed by atoms with van der Waals surface area (Å²) < 4.78 is 0. The fourth-order valence-corrected chi connectivity index (χ4v) is 2.64. The molecule has 2 rings (SSSR count). The van der Waals surface area contributed by atoms with E-state index in [0.717, 1.165) is 32.6 Å². The largest absolute Gasteiger partial charge is 0.369 e. The molecule has 1 aromatic rings. The maximum absolute atomic E-state index is 11.7. The van der Waals surface area contributed by atoms with E-state index in [1.807, 2.05) is 13.0 Å². The summed E-state index contributed by atoms with van der Waals surface area (Å²) in [5.41, 5.74) is 3.51. The minimum atomic E-state index is -0.108. The second-order valence-electron chi connectivity index (χ2n) is 4.79. The van der Waals surface area contributed by atoms with E-state index in [2.05, 4.69) is 39.5 Å². The van der Waals surface area contributed by atoms with Crippen LogP contribution in [0.1, 0.15) is 13.3 Å². The molecule has 1 aromatic carbocycles. The van der Waals surface area contributed by atoms with Gasteiger partial charge >= 0.3 is 0 Å². The highest BCUT2D eigenvalue weighted by atomic mass is 16.2. The van der Waals surface area contributed by atoms with Crippen LogP contribution in [0.2, 0.25) is 0 Å². The summed E-state index contributed by atoms with van der Waals surface area (Å²) in [7, 11) is 0. The number of hydrogen-bond donors (Lipinski definition) is 2. The van der Waals surface area contributed by atoms with Crippen molar-refractivity contribution in [3.05, 3.63) is 30.3 Å². The van der Waals surface area contributed by atoms with Crippen molar-refractivity contribution in [3.8, 4) is 0 Å². The lowest BCUT2D eigenvalue weighted by atomic mass is 10.1. The summed E-state index contributed by atoms with van der Waals surface area (Å²) in [6.45, 7) is 5.68. The van der Waals surface area contributed by atoms with Crippen molar-refractivity contribution in [2.45, 2.75) is 19.4 Å². The number of nitrogens with zero attached hydrogens (tertiary/aromatic N) is 2. The van der Waals surface area contributed by atoms with Crippen molar-refractivity contribution in [1.29, 1.82) is 0 Å². The first-order chi connectivity index (χ1) is 9.26. The van der Waals surface area contributed by atoms with Gasteiger partial charge in [0, 0.05) is 31.9 Å². The monoisotopic (exact) mass is 262 g/mol. The van der Waals surface area contributed by atoms with E-state index in [1.54, 1.807) is 0 Å². The molecular formula is C14H22N4O. The number of nitrogens with one attached hydrogen (secondary N) is 1. The molecule has 5 heteroatoms. The number of carbonyl (C=O) groups excluding carboxylic acids is 1. The predicted molar refractivity (Wildman–Crippen MR) is 76.6 cm³/mol. The van der Waals surface area contributed by atoms with Crippen LogP contribution in [0.3, 0.4) is 0 Å². The number of carbonyl (C=O) groups is 1. The van der Waals surface area contributed by atoms with E-state index >= 15 is 0 Å². The zero-order chi connectivity index (χ0) is 13.7. The number of piperazine rings is 1. The smallest absolute Gasteiger partial charge is 0.251 e. The number of rotatable bonds is 4. The van der Waals surface area contributed by atoms with Crippen LogP contribution < -0.4 is 16.2 Å². The fraction of sp³-hybridized carbons (Fsp3) is 0.500. The van der Waals surface area contributed by atoms with Gasteiger partial charge in [0.1, 0.15) is 0 Å². The molecule has 1 saturated heterocycles. The fourth-order valence-electron chi connectivity index (χ4n) is 2.64. The summed E-state index contributed by atoms with van der Waals surface area (Å²) in [5.74, 6) is 5.15. The van der Waals surface area contributed by atoms with Crippen molar-refractivity contribution in [1.82, 2.24) is 10.3 Å². The molecule has 0 radical (unpaired) electrons. The molecule has 0 aromatic heterocycles. The standard InChI is InChI=1S/C14H22N4O/c1-2-13(14(19)16-15)18-10-8-17(9-11-18)12-6-4-3-5-7-12/h3-7,13H,2,8-11,15H2,1H3,(H,16,19). The molecule has 3 N–H and O–H groups in total. The van der Waals surface area contributed by atoms with Crippen molar-refractivity contribution in [2.75, 3.05) is 31.1 Å². The number of nitrogens with two attached hydrogens (primary N) is 1. The number of hydrogen-bond acceptors (Lipinski definition) is 4. The third-order valence-electron chi connectivity index (χ3n) is 3.71. The summed E-state index contributed by atoms with van der Waals surface area (Å²) in [6, 6.07) is 10.3. The van der Waals surface area contributed by atoms with Gasteiger partial charge in [-0.05, 0) is 18.6 Å². The lowest BCUT2D eigenvalue weighted by Crippen LogP contribution is -2.55. The topological polar surface area (TPSA) is 61.6 Å². The van der Waals surface area contributed by atoms with E-state index in [1.165, 1.54) is 5.69 Å². The number of amides is 1. The highest BCUT2D eigenvalue weighted by molar-refractivity contribution is 5.81. The van der Waals surface area contributed by atoms with Crippen LogP contribution in [0.15, 0.2) is 30.3 Å². The Morgan fingerprint density at radius 3 is 2.42 bits per heavy atom. The highest BCUT2D eigenvalue weighted by Gasteiger charge is 2.27. The second kappa shape index (κ2) is 6.54. The maximum Gasteiger partial charge on any atom is 0.251 e. The number of para-hydroxylation sites is 1. The number of hydrazine groups is 1. The Balaban J connectivity index is 1.93. The lowest BCUT2D eigenvalue weighted by Gasteiger charge is -2.39. The molecule has 1 atom stereocenters. The molecule has 1 amide bonds. The van der Waals surface area contributed by atoms with Gasteiger partial charge in [-0.3, -0.25) is 15.1 Å². The Morgan fingerprint density at radius 2 is 1.89 bits per heavy atom. The molecule has 104 valence electrons. The Morgan fingerprint density at radius 1 is 1.26 bits per heavy atom. The van der Waals surface area contributed by atoms with Gasteiger partial charge in [-0.1, -0.05) is 25.1 Å². The van der Waals surface area contributed by atoms with Crippen molar-refractivity contribution in [2.24, 2.45) is 5.84 Å². The normalized spacial score (nSPS) is 18.1. The van der Waals surface area contributed by atoms with Crippen LogP contribution in [0.25, 0.3) is 0 Å². The second-order valence-corrected chi connectivity index (χ2v) is 4.79. The van der Waals surface area contributed by atoms with Crippen molar-refractivity contribution < 1.29 is 4.79 Å². The molecule has 1 aliphatic heterocycles. The third kappa shape index (κ3) is 3.24. The van der Waals surface area contributed by atoms with Crippen LogP contribution in [0, 0.1) is 0 Å². The van der Waals surface area contributed by atoms with Gasteiger partial charge in [0.2, 0.25) is 0 Å². The van der Waals surface area contributed by atoms with Crippen LogP contribution in [0.4, 0.5) is 5.69 Å². The van der Waals surface area contributed by atoms with Gasteiger partial charge in [0.05, 0.1) is 6.04 Å². The quantitative estimate of drug-likeness (QED) is 0.473. The van der Waals surface area contributed by atoms with E-state index in [0.29, 0.717) is 0 Å². The Bertz CT molecular complexity index is 401. The summed E-state index contributed by atoms with van der Waals surface area (Å²) in [4.78, 5) is 16.3. The van der Waals surface area contributed by atoms with Gasteiger partial charge in [-0.15, -0.1) is 0 Å². The van der Waals surface area contributed by atoms with Gasteiger partial charge < -0.3 is 4.90 Å². The average Bonchev–Trinajstić information content (AvgIpc) is 2.49. The molecule has 0 aliphatic carbocycles.